The molecule has 1 aliphatic rings. The summed E-state index contributed by atoms with van der Waals surface area (Å²) in [6.07, 6.45) is 1.05. The number of ether oxygens (including phenoxy) is 2. The van der Waals surface area contributed by atoms with Crippen LogP contribution in [0.1, 0.15) is 24.2 Å². The second-order valence-electron chi connectivity index (χ2n) is 6.74. The fraction of sp³-hybridized carbons (Fsp3) is 0.217. The summed E-state index contributed by atoms with van der Waals surface area (Å²) in [5, 5.41) is 0. The van der Waals surface area contributed by atoms with E-state index < -0.39 is 6.10 Å². The van der Waals surface area contributed by atoms with Gasteiger partial charge >= 0.3 is 0 Å². The maximum atomic E-state index is 13.4. The Bertz CT molecular complexity index is 931. The molecule has 5 heteroatoms. The van der Waals surface area contributed by atoms with Crippen LogP contribution in [-0.4, -0.2) is 28.5 Å². The second kappa shape index (κ2) is 8.13. The van der Waals surface area contributed by atoms with E-state index in [2.05, 4.69) is 4.98 Å². The van der Waals surface area contributed by atoms with Crippen LogP contribution in [0, 0.1) is 0 Å². The third kappa shape index (κ3) is 3.83. The van der Waals surface area contributed by atoms with Crippen molar-refractivity contribution in [3.8, 4) is 11.5 Å². The van der Waals surface area contributed by atoms with Gasteiger partial charge in [-0.3, -0.25) is 9.78 Å². The molecule has 5 nitrogen and oxygen atoms in total. The fourth-order valence-corrected chi connectivity index (χ4v) is 3.31. The number of carbonyl (C=O) groups excluding carboxylic acids is 1. The summed E-state index contributed by atoms with van der Waals surface area (Å²) in [5.41, 5.74) is 1.89. The van der Waals surface area contributed by atoms with Crippen LogP contribution < -0.4 is 9.47 Å². The van der Waals surface area contributed by atoms with Crippen LogP contribution in [0.25, 0.3) is 0 Å². The van der Waals surface area contributed by atoms with Gasteiger partial charge in [0.15, 0.2) is 11.5 Å². The SMILES string of the molecule is CC(c1ccccc1)N(Cc1ccccn1)C(=O)C1COc2ccccc2O1. The molecular formula is C23H22N2O3. The van der Waals surface area contributed by atoms with Crippen molar-refractivity contribution in [3.63, 3.8) is 0 Å². The molecule has 2 heterocycles. The highest BCUT2D eigenvalue weighted by Gasteiger charge is 2.33. The zero-order chi connectivity index (χ0) is 19.3. The summed E-state index contributed by atoms with van der Waals surface area (Å²) in [7, 11) is 0. The lowest BCUT2D eigenvalue weighted by Gasteiger charge is -2.34. The number of benzene rings is 2. The Morgan fingerprint density at radius 3 is 2.50 bits per heavy atom. The first-order valence-electron chi connectivity index (χ1n) is 9.36. The molecule has 4 rings (SSSR count). The fourth-order valence-electron chi connectivity index (χ4n) is 3.31. The molecule has 0 saturated heterocycles. The van der Waals surface area contributed by atoms with Gasteiger partial charge in [0.25, 0.3) is 5.91 Å². The molecule has 0 saturated carbocycles. The molecule has 2 unspecified atom stereocenters. The van der Waals surface area contributed by atoms with E-state index in [1.54, 1.807) is 11.1 Å². The number of pyridine rings is 1. The third-order valence-electron chi connectivity index (χ3n) is 4.88. The molecule has 1 aliphatic heterocycles. The molecule has 0 fully saturated rings. The largest absolute Gasteiger partial charge is 0.485 e. The van der Waals surface area contributed by atoms with Gasteiger partial charge in [-0.1, -0.05) is 48.5 Å². The van der Waals surface area contributed by atoms with Crippen molar-refractivity contribution < 1.29 is 14.3 Å². The number of hydrogen-bond acceptors (Lipinski definition) is 4. The molecule has 2 atom stereocenters. The quantitative estimate of drug-likeness (QED) is 0.677. The highest BCUT2D eigenvalue weighted by Crippen LogP contribution is 2.32. The van der Waals surface area contributed by atoms with Crippen molar-refractivity contribution >= 4 is 5.91 Å². The average Bonchev–Trinajstić information content (AvgIpc) is 2.77. The predicted molar refractivity (Wildman–Crippen MR) is 106 cm³/mol. The smallest absolute Gasteiger partial charge is 0.268 e. The molecule has 0 N–H and O–H groups in total. The molecule has 1 amide bonds. The number of aromatic nitrogens is 1. The summed E-state index contributed by atoms with van der Waals surface area (Å²) < 4.78 is 11.7. The van der Waals surface area contributed by atoms with E-state index in [-0.39, 0.29) is 18.6 Å². The normalized spacial score (nSPS) is 16.2. The van der Waals surface area contributed by atoms with Gasteiger partial charge in [-0.05, 0) is 36.8 Å². The highest BCUT2D eigenvalue weighted by molar-refractivity contribution is 5.82. The molecule has 1 aromatic heterocycles. The van der Waals surface area contributed by atoms with Crippen LogP contribution in [0.5, 0.6) is 11.5 Å². The van der Waals surface area contributed by atoms with Crippen LogP contribution in [0.3, 0.4) is 0 Å². The van der Waals surface area contributed by atoms with Crippen molar-refractivity contribution in [2.24, 2.45) is 0 Å². The number of nitrogens with zero attached hydrogens (tertiary/aromatic N) is 2. The van der Waals surface area contributed by atoms with E-state index in [4.69, 9.17) is 9.47 Å². The maximum absolute atomic E-state index is 13.4. The Labute approximate surface area is 164 Å². The van der Waals surface area contributed by atoms with Crippen molar-refractivity contribution in [2.45, 2.75) is 25.6 Å². The number of fused-ring (bicyclic) bond motifs is 1. The molecule has 142 valence electrons. The summed E-state index contributed by atoms with van der Waals surface area (Å²) in [6, 6.07) is 23.0. The van der Waals surface area contributed by atoms with Crippen molar-refractivity contribution in [1.29, 1.82) is 0 Å². The number of amides is 1. The Hall–Kier alpha value is -3.34. The van der Waals surface area contributed by atoms with E-state index in [0.29, 0.717) is 18.0 Å². The van der Waals surface area contributed by atoms with Crippen LogP contribution in [0.4, 0.5) is 0 Å². The van der Waals surface area contributed by atoms with Gasteiger partial charge < -0.3 is 14.4 Å². The standard InChI is InChI=1S/C23H22N2O3/c1-17(18-9-3-2-4-10-18)25(15-19-11-7-8-14-24-19)23(26)22-16-27-20-12-5-6-13-21(20)28-22/h2-14,17,22H,15-16H2,1H3. The van der Waals surface area contributed by atoms with E-state index in [1.807, 2.05) is 79.7 Å². The van der Waals surface area contributed by atoms with Gasteiger partial charge in [0.1, 0.15) is 6.61 Å². The Kier molecular flexibility index (Phi) is 5.24. The van der Waals surface area contributed by atoms with Gasteiger partial charge in [0.05, 0.1) is 18.3 Å². The minimum atomic E-state index is -0.690. The van der Waals surface area contributed by atoms with E-state index in [1.165, 1.54) is 0 Å². The topological polar surface area (TPSA) is 51.7 Å². The third-order valence-corrected chi connectivity index (χ3v) is 4.88. The van der Waals surface area contributed by atoms with Gasteiger partial charge in [0.2, 0.25) is 6.10 Å². The van der Waals surface area contributed by atoms with Gasteiger partial charge in [-0.2, -0.15) is 0 Å². The average molecular weight is 374 g/mol. The van der Waals surface area contributed by atoms with Crippen LogP contribution in [0.15, 0.2) is 79.0 Å². The highest BCUT2D eigenvalue weighted by atomic mass is 16.6. The van der Waals surface area contributed by atoms with Gasteiger partial charge in [-0.15, -0.1) is 0 Å². The van der Waals surface area contributed by atoms with Crippen molar-refractivity contribution in [2.75, 3.05) is 6.61 Å². The summed E-state index contributed by atoms with van der Waals surface area (Å²) >= 11 is 0. The first-order valence-corrected chi connectivity index (χ1v) is 9.36. The molecule has 0 aliphatic carbocycles. The molecule has 0 spiro atoms. The lowest BCUT2D eigenvalue weighted by atomic mass is 10.1. The second-order valence-corrected chi connectivity index (χ2v) is 6.74. The van der Waals surface area contributed by atoms with Gasteiger partial charge in [0, 0.05) is 6.20 Å². The number of rotatable bonds is 5. The minimum absolute atomic E-state index is 0.114. The Morgan fingerprint density at radius 2 is 1.75 bits per heavy atom. The predicted octanol–water partition coefficient (Wildman–Crippen LogP) is 4.01. The summed E-state index contributed by atoms with van der Waals surface area (Å²) in [6.45, 7) is 2.61. The molecular weight excluding hydrogens is 352 g/mol. The molecule has 28 heavy (non-hydrogen) atoms. The molecule has 3 aromatic rings. The van der Waals surface area contributed by atoms with E-state index >= 15 is 0 Å². The van der Waals surface area contributed by atoms with Crippen LogP contribution in [0.2, 0.25) is 0 Å². The minimum Gasteiger partial charge on any atom is -0.485 e. The lowest BCUT2D eigenvalue weighted by molar-refractivity contribution is -0.144. The Balaban J connectivity index is 1.60. The summed E-state index contributed by atoms with van der Waals surface area (Å²) in [4.78, 5) is 19.6. The number of para-hydroxylation sites is 2. The number of hydrogen-bond donors (Lipinski definition) is 0. The van der Waals surface area contributed by atoms with Crippen LogP contribution in [-0.2, 0) is 11.3 Å². The Morgan fingerprint density at radius 1 is 1.04 bits per heavy atom. The van der Waals surface area contributed by atoms with Gasteiger partial charge in [-0.25, -0.2) is 0 Å². The van der Waals surface area contributed by atoms with Crippen molar-refractivity contribution in [3.05, 3.63) is 90.3 Å². The molecule has 0 radical (unpaired) electrons. The van der Waals surface area contributed by atoms with Crippen molar-refractivity contribution in [1.82, 2.24) is 9.88 Å². The molecule has 0 bridgehead atoms. The summed E-state index contributed by atoms with van der Waals surface area (Å²) in [5.74, 6) is 1.15. The first kappa shape index (κ1) is 18.0. The first-order chi connectivity index (χ1) is 13.7. The molecule has 2 aromatic carbocycles. The zero-order valence-electron chi connectivity index (χ0n) is 15.7. The van der Waals surface area contributed by atoms with Crippen LogP contribution >= 0.6 is 0 Å². The van der Waals surface area contributed by atoms with E-state index in [0.717, 1.165) is 11.3 Å². The van der Waals surface area contributed by atoms with E-state index in [9.17, 15) is 4.79 Å². The number of carbonyl (C=O) groups is 1. The monoisotopic (exact) mass is 374 g/mol. The zero-order valence-corrected chi connectivity index (χ0v) is 15.7. The maximum Gasteiger partial charge on any atom is 0.268 e. The lowest BCUT2D eigenvalue weighted by Crippen LogP contribution is -2.47.